The Kier molecular flexibility index (Phi) is 6.85. The molecule has 1 aromatic rings. The molecule has 1 unspecified atom stereocenters. The highest BCUT2D eigenvalue weighted by molar-refractivity contribution is 6.30. The number of esters is 1. The second-order valence-electron chi connectivity index (χ2n) is 4.69. The van der Waals surface area contributed by atoms with Crippen molar-refractivity contribution in [1.29, 1.82) is 0 Å². The van der Waals surface area contributed by atoms with Crippen LogP contribution in [0.2, 0.25) is 5.02 Å². The van der Waals surface area contributed by atoms with Crippen LogP contribution in [-0.2, 0) is 4.74 Å². The van der Waals surface area contributed by atoms with E-state index in [1.165, 1.54) is 31.0 Å². The lowest BCUT2D eigenvalue weighted by molar-refractivity contribution is 0.0314. The van der Waals surface area contributed by atoms with Gasteiger partial charge in [0.2, 0.25) is 0 Å². The first-order valence-electron chi connectivity index (χ1n) is 6.70. The Morgan fingerprint density at radius 1 is 1.37 bits per heavy atom. The third-order valence-corrected chi connectivity index (χ3v) is 3.16. The third kappa shape index (κ3) is 5.60. The van der Waals surface area contributed by atoms with Crippen molar-refractivity contribution in [3.05, 3.63) is 34.6 Å². The number of carbonyl (C=O) groups excluding carboxylic acids is 1. The molecule has 19 heavy (non-hydrogen) atoms. The van der Waals surface area contributed by atoms with Gasteiger partial charge in [-0.1, -0.05) is 37.8 Å². The average molecular weight is 287 g/mol. The van der Waals surface area contributed by atoms with E-state index in [1.807, 2.05) is 6.92 Å². The Morgan fingerprint density at radius 2 is 2.11 bits per heavy atom. The molecule has 0 amide bonds. The SMILES string of the molecule is CCCCCCC(C)OC(=O)c1cc(Cl)ccc1F. The van der Waals surface area contributed by atoms with Crippen molar-refractivity contribution in [2.75, 3.05) is 0 Å². The molecule has 1 rings (SSSR count). The van der Waals surface area contributed by atoms with Crippen molar-refractivity contribution in [3.63, 3.8) is 0 Å². The number of rotatable bonds is 7. The van der Waals surface area contributed by atoms with E-state index in [0.717, 1.165) is 19.3 Å². The lowest BCUT2D eigenvalue weighted by Gasteiger charge is -2.13. The summed E-state index contributed by atoms with van der Waals surface area (Å²) >= 11 is 5.74. The fourth-order valence-corrected chi connectivity index (χ4v) is 1.99. The van der Waals surface area contributed by atoms with E-state index >= 15 is 0 Å². The molecule has 1 aromatic carbocycles. The van der Waals surface area contributed by atoms with Crippen LogP contribution in [0.4, 0.5) is 4.39 Å². The number of unbranched alkanes of at least 4 members (excludes halogenated alkanes) is 3. The summed E-state index contributed by atoms with van der Waals surface area (Å²) in [5.41, 5.74) is -0.104. The minimum Gasteiger partial charge on any atom is -0.459 e. The van der Waals surface area contributed by atoms with Crippen LogP contribution in [0.5, 0.6) is 0 Å². The van der Waals surface area contributed by atoms with Gasteiger partial charge in [-0.25, -0.2) is 9.18 Å². The average Bonchev–Trinajstić information content (AvgIpc) is 2.37. The van der Waals surface area contributed by atoms with Crippen LogP contribution in [0.25, 0.3) is 0 Å². The molecule has 0 aliphatic carbocycles. The summed E-state index contributed by atoms with van der Waals surface area (Å²) in [7, 11) is 0. The van der Waals surface area contributed by atoms with Gasteiger partial charge in [0.25, 0.3) is 0 Å². The molecule has 0 aliphatic rings. The number of halogens is 2. The van der Waals surface area contributed by atoms with Gasteiger partial charge < -0.3 is 4.74 Å². The summed E-state index contributed by atoms with van der Waals surface area (Å²) in [4.78, 5) is 11.8. The summed E-state index contributed by atoms with van der Waals surface area (Å²) in [5.74, 6) is -1.25. The molecule has 0 saturated heterocycles. The molecule has 106 valence electrons. The summed E-state index contributed by atoms with van der Waals surface area (Å²) in [6.45, 7) is 3.97. The minimum absolute atomic E-state index is 0.104. The van der Waals surface area contributed by atoms with E-state index in [2.05, 4.69) is 6.92 Å². The van der Waals surface area contributed by atoms with Crippen LogP contribution < -0.4 is 0 Å². The van der Waals surface area contributed by atoms with E-state index in [1.54, 1.807) is 0 Å². The van der Waals surface area contributed by atoms with Crippen molar-refractivity contribution in [1.82, 2.24) is 0 Å². The van der Waals surface area contributed by atoms with Crippen molar-refractivity contribution in [3.8, 4) is 0 Å². The van der Waals surface area contributed by atoms with Crippen LogP contribution in [0.15, 0.2) is 18.2 Å². The van der Waals surface area contributed by atoms with Crippen LogP contribution in [-0.4, -0.2) is 12.1 Å². The molecule has 0 spiro atoms. The van der Waals surface area contributed by atoms with Gasteiger partial charge in [-0.3, -0.25) is 0 Å². The Bertz CT molecular complexity index is 421. The van der Waals surface area contributed by atoms with E-state index < -0.39 is 11.8 Å². The van der Waals surface area contributed by atoms with Crippen LogP contribution >= 0.6 is 11.6 Å². The van der Waals surface area contributed by atoms with Gasteiger partial charge in [0, 0.05) is 5.02 Å². The Balaban J connectivity index is 2.47. The van der Waals surface area contributed by atoms with Gasteiger partial charge in [0.1, 0.15) is 5.82 Å². The molecule has 0 N–H and O–H groups in total. The Morgan fingerprint density at radius 3 is 2.79 bits per heavy atom. The topological polar surface area (TPSA) is 26.3 Å². The highest BCUT2D eigenvalue weighted by Crippen LogP contribution is 2.17. The zero-order chi connectivity index (χ0) is 14.3. The lowest BCUT2D eigenvalue weighted by Crippen LogP contribution is -2.16. The third-order valence-electron chi connectivity index (χ3n) is 2.92. The summed E-state index contributed by atoms with van der Waals surface area (Å²) in [6.07, 6.45) is 5.09. The van der Waals surface area contributed by atoms with Crippen LogP contribution in [0.3, 0.4) is 0 Å². The van der Waals surface area contributed by atoms with Gasteiger partial charge in [-0.15, -0.1) is 0 Å². The summed E-state index contributed by atoms with van der Waals surface area (Å²) in [5, 5.41) is 0.323. The molecule has 4 heteroatoms. The standard InChI is InChI=1S/C15H20ClFO2/c1-3-4-5-6-7-11(2)19-15(18)13-10-12(16)8-9-14(13)17/h8-11H,3-7H2,1-2H3. The fourth-order valence-electron chi connectivity index (χ4n) is 1.82. The Labute approximate surface area is 118 Å². The van der Waals surface area contributed by atoms with Crippen LogP contribution in [0, 0.1) is 5.82 Å². The number of ether oxygens (including phenoxy) is 1. The molecule has 0 saturated carbocycles. The molecule has 0 radical (unpaired) electrons. The van der Waals surface area contributed by atoms with Crippen LogP contribution in [0.1, 0.15) is 56.3 Å². The summed E-state index contributed by atoms with van der Waals surface area (Å²) < 4.78 is 18.7. The van der Waals surface area contributed by atoms with Crippen molar-refractivity contribution >= 4 is 17.6 Å². The quantitative estimate of drug-likeness (QED) is 0.521. The molecule has 0 heterocycles. The maximum absolute atomic E-state index is 13.5. The number of benzene rings is 1. The van der Waals surface area contributed by atoms with Crippen molar-refractivity contribution < 1.29 is 13.9 Å². The van der Waals surface area contributed by atoms with Crippen molar-refractivity contribution in [2.45, 2.75) is 52.1 Å². The first-order chi connectivity index (χ1) is 9.04. The van der Waals surface area contributed by atoms with E-state index in [-0.39, 0.29) is 11.7 Å². The molecule has 0 fully saturated rings. The monoisotopic (exact) mass is 286 g/mol. The maximum Gasteiger partial charge on any atom is 0.341 e. The van der Waals surface area contributed by atoms with Gasteiger partial charge in [0.05, 0.1) is 11.7 Å². The highest BCUT2D eigenvalue weighted by atomic mass is 35.5. The molecular formula is C15H20ClFO2. The second-order valence-corrected chi connectivity index (χ2v) is 5.13. The zero-order valence-corrected chi connectivity index (χ0v) is 12.2. The number of carbonyl (C=O) groups is 1. The lowest BCUT2D eigenvalue weighted by atomic mass is 10.1. The second kappa shape index (κ2) is 8.16. The van der Waals surface area contributed by atoms with E-state index in [0.29, 0.717) is 5.02 Å². The molecule has 0 aromatic heterocycles. The smallest absolute Gasteiger partial charge is 0.341 e. The number of hydrogen-bond acceptors (Lipinski definition) is 2. The molecule has 0 aliphatic heterocycles. The van der Waals surface area contributed by atoms with Gasteiger partial charge in [0.15, 0.2) is 0 Å². The van der Waals surface area contributed by atoms with E-state index in [4.69, 9.17) is 16.3 Å². The fraction of sp³-hybridized carbons (Fsp3) is 0.533. The first kappa shape index (κ1) is 16.0. The van der Waals surface area contributed by atoms with Gasteiger partial charge >= 0.3 is 5.97 Å². The van der Waals surface area contributed by atoms with Gasteiger partial charge in [-0.2, -0.15) is 0 Å². The maximum atomic E-state index is 13.5. The number of hydrogen-bond donors (Lipinski definition) is 0. The van der Waals surface area contributed by atoms with E-state index in [9.17, 15) is 9.18 Å². The Hall–Kier alpha value is -1.09. The first-order valence-corrected chi connectivity index (χ1v) is 7.08. The normalized spacial score (nSPS) is 12.2. The van der Waals surface area contributed by atoms with Gasteiger partial charge in [-0.05, 0) is 38.0 Å². The predicted octanol–water partition coefficient (Wildman–Crippen LogP) is 4.99. The predicted molar refractivity (Wildman–Crippen MR) is 75.0 cm³/mol. The molecule has 2 nitrogen and oxygen atoms in total. The largest absolute Gasteiger partial charge is 0.459 e. The zero-order valence-electron chi connectivity index (χ0n) is 11.4. The van der Waals surface area contributed by atoms with Crippen molar-refractivity contribution in [2.24, 2.45) is 0 Å². The minimum atomic E-state index is -0.650. The summed E-state index contributed by atoms with van der Waals surface area (Å²) in [6, 6.07) is 3.87. The molecule has 1 atom stereocenters. The molecular weight excluding hydrogens is 267 g/mol. The highest BCUT2D eigenvalue weighted by Gasteiger charge is 2.16. The molecule has 0 bridgehead atoms.